The van der Waals surface area contributed by atoms with E-state index in [1.165, 1.54) is 6.07 Å². The third kappa shape index (κ3) is 3.45. The smallest absolute Gasteiger partial charge is 0.335 e. The minimum Gasteiger partial charge on any atom is -0.478 e. The van der Waals surface area contributed by atoms with Crippen molar-refractivity contribution in [1.82, 2.24) is 0 Å². The lowest BCUT2D eigenvalue weighted by molar-refractivity contribution is 0.0696. The number of carboxylic acid groups (broad SMARTS) is 1. The number of aryl methyl sites for hydroxylation is 2. The van der Waals surface area contributed by atoms with E-state index in [1.54, 1.807) is 19.1 Å². The van der Waals surface area contributed by atoms with Crippen LogP contribution in [0, 0.1) is 6.92 Å². The molecule has 1 aromatic rings. The summed E-state index contributed by atoms with van der Waals surface area (Å²) in [6, 6.07) is 4.76. The van der Waals surface area contributed by atoms with Crippen LogP contribution in [0.1, 0.15) is 21.5 Å². The number of carboxylic acids is 1. The van der Waals surface area contributed by atoms with Crippen molar-refractivity contribution in [2.75, 3.05) is 5.75 Å². The van der Waals surface area contributed by atoms with E-state index in [0.29, 0.717) is 6.42 Å². The van der Waals surface area contributed by atoms with Gasteiger partial charge >= 0.3 is 5.97 Å². The first-order valence-corrected chi connectivity index (χ1v) is 5.68. The second-order valence-electron chi connectivity index (χ2n) is 3.22. The molecule has 0 saturated heterocycles. The predicted molar refractivity (Wildman–Crippen MR) is 57.5 cm³/mol. The van der Waals surface area contributed by atoms with Crippen LogP contribution in [-0.2, 0) is 17.5 Å². The summed E-state index contributed by atoms with van der Waals surface area (Å²) in [6.45, 7) is 1.79. The third-order valence-corrected chi connectivity index (χ3v) is 2.69. The Morgan fingerprint density at radius 2 is 2.13 bits per heavy atom. The molecule has 0 aromatic heterocycles. The van der Waals surface area contributed by atoms with Crippen LogP contribution >= 0.6 is 0 Å². The van der Waals surface area contributed by atoms with E-state index in [0.717, 1.165) is 11.1 Å². The summed E-state index contributed by atoms with van der Waals surface area (Å²) in [7, 11) is 0. The van der Waals surface area contributed by atoms with Crippen molar-refractivity contribution >= 4 is 17.0 Å². The van der Waals surface area contributed by atoms with Crippen LogP contribution in [0.3, 0.4) is 0 Å². The molecule has 0 bridgehead atoms. The highest BCUT2D eigenvalue weighted by Crippen LogP contribution is 2.12. The Morgan fingerprint density at radius 3 is 2.60 bits per heavy atom. The lowest BCUT2D eigenvalue weighted by Gasteiger charge is -2.05. The van der Waals surface area contributed by atoms with Crippen LogP contribution in [0.2, 0.25) is 0 Å². The van der Waals surface area contributed by atoms with E-state index in [1.807, 2.05) is 0 Å². The van der Waals surface area contributed by atoms with Crippen LogP contribution in [0.5, 0.6) is 0 Å². The molecule has 0 saturated carbocycles. The summed E-state index contributed by atoms with van der Waals surface area (Å²) >= 11 is -1.80. The number of carbonyl (C=O) groups is 1. The summed E-state index contributed by atoms with van der Waals surface area (Å²) in [5.41, 5.74) is 1.98. The normalized spacial score (nSPS) is 12.4. The molecule has 0 amide bonds. The van der Waals surface area contributed by atoms with E-state index < -0.39 is 17.0 Å². The Bertz CT molecular complexity index is 400. The minimum atomic E-state index is -1.80. The van der Waals surface area contributed by atoms with Gasteiger partial charge in [-0.2, -0.15) is 0 Å². The topological polar surface area (TPSA) is 74.6 Å². The molecule has 1 unspecified atom stereocenters. The van der Waals surface area contributed by atoms with E-state index in [2.05, 4.69) is 0 Å². The van der Waals surface area contributed by atoms with Gasteiger partial charge in [0.1, 0.15) is 0 Å². The number of rotatable bonds is 4. The van der Waals surface area contributed by atoms with E-state index >= 15 is 0 Å². The van der Waals surface area contributed by atoms with Crippen molar-refractivity contribution in [3.63, 3.8) is 0 Å². The molecular formula is C10H12O4S. The fourth-order valence-electron chi connectivity index (χ4n) is 1.31. The van der Waals surface area contributed by atoms with Gasteiger partial charge in [-0.3, -0.25) is 0 Å². The molecule has 0 aliphatic heterocycles. The quantitative estimate of drug-likeness (QED) is 0.765. The van der Waals surface area contributed by atoms with E-state index in [-0.39, 0.29) is 11.3 Å². The monoisotopic (exact) mass is 228 g/mol. The standard InChI is InChI=1S/C10H12O4S/c1-7-6-9(10(11)12)3-2-8(7)4-5-15(13)14/h2-3,6H,4-5H2,1H3,(H,11,12)(H,13,14). The number of aromatic carboxylic acids is 1. The molecule has 1 aromatic carbocycles. The Labute approximate surface area is 90.2 Å². The zero-order chi connectivity index (χ0) is 11.4. The van der Waals surface area contributed by atoms with Crippen LogP contribution in [0.4, 0.5) is 0 Å². The summed E-state index contributed by atoms with van der Waals surface area (Å²) < 4.78 is 19.1. The van der Waals surface area contributed by atoms with Crippen molar-refractivity contribution in [1.29, 1.82) is 0 Å². The first kappa shape index (κ1) is 11.9. The molecule has 0 aliphatic carbocycles. The molecule has 0 spiro atoms. The average molecular weight is 228 g/mol. The van der Waals surface area contributed by atoms with Crippen molar-refractivity contribution < 1.29 is 18.7 Å². The molecule has 2 N–H and O–H groups in total. The predicted octanol–water partition coefficient (Wildman–Crippen LogP) is 1.46. The summed E-state index contributed by atoms with van der Waals surface area (Å²) in [5.74, 6) is -0.789. The Kier molecular flexibility index (Phi) is 3.99. The zero-order valence-corrected chi connectivity index (χ0v) is 9.08. The van der Waals surface area contributed by atoms with Crippen LogP contribution < -0.4 is 0 Å². The third-order valence-electron chi connectivity index (χ3n) is 2.14. The lowest BCUT2D eigenvalue weighted by Crippen LogP contribution is -2.03. The zero-order valence-electron chi connectivity index (χ0n) is 8.27. The summed E-state index contributed by atoms with van der Waals surface area (Å²) in [5, 5.41) is 8.73. The van der Waals surface area contributed by atoms with Gasteiger partial charge in [0.15, 0.2) is 11.1 Å². The highest BCUT2D eigenvalue weighted by Gasteiger charge is 2.06. The van der Waals surface area contributed by atoms with Crippen molar-refractivity contribution in [3.05, 3.63) is 34.9 Å². The average Bonchev–Trinajstić information content (AvgIpc) is 2.15. The highest BCUT2D eigenvalue weighted by atomic mass is 32.2. The maximum Gasteiger partial charge on any atom is 0.335 e. The molecule has 0 aliphatic rings. The van der Waals surface area contributed by atoms with Gasteiger partial charge in [0.25, 0.3) is 0 Å². The van der Waals surface area contributed by atoms with Gasteiger partial charge in [0.05, 0.1) is 11.3 Å². The fourth-order valence-corrected chi connectivity index (χ4v) is 1.70. The van der Waals surface area contributed by atoms with Gasteiger partial charge in [0, 0.05) is 0 Å². The van der Waals surface area contributed by atoms with Gasteiger partial charge in [-0.1, -0.05) is 6.07 Å². The van der Waals surface area contributed by atoms with E-state index in [9.17, 15) is 9.00 Å². The van der Waals surface area contributed by atoms with Crippen molar-refractivity contribution in [2.45, 2.75) is 13.3 Å². The molecule has 1 atom stereocenters. The van der Waals surface area contributed by atoms with Gasteiger partial charge in [0.2, 0.25) is 0 Å². The summed E-state index contributed by atoms with van der Waals surface area (Å²) in [6.07, 6.45) is 0.481. The number of benzene rings is 1. The van der Waals surface area contributed by atoms with E-state index in [4.69, 9.17) is 9.66 Å². The van der Waals surface area contributed by atoms with Crippen LogP contribution in [0.25, 0.3) is 0 Å². The Hall–Kier alpha value is -1.20. The molecule has 4 nitrogen and oxygen atoms in total. The number of hydrogen-bond acceptors (Lipinski definition) is 2. The van der Waals surface area contributed by atoms with Gasteiger partial charge < -0.3 is 9.66 Å². The van der Waals surface area contributed by atoms with Gasteiger partial charge in [-0.25, -0.2) is 9.00 Å². The summed E-state index contributed by atoms with van der Waals surface area (Å²) in [4.78, 5) is 10.6. The molecular weight excluding hydrogens is 216 g/mol. The Balaban J connectivity index is 2.83. The van der Waals surface area contributed by atoms with Gasteiger partial charge in [-0.05, 0) is 36.6 Å². The molecule has 5 heteroatoms. The highest BCUT2D eigenvalue weighted by molar-refractivity contribution is 7.79. The second-order valence-corrected chi connectivity index (χ2v) is 4.27. The van der Waals surface area contributed by atoms with Crippen molar-refractivity contribution in [3.8, 4) is 0 Å². The van der Waals surface area contributed by atoms with Crippen molar-refractivity contribution in [2.24, 2.45) is 0 Å². The maximum absolute atomic E-state index is 10.6. The Morgan fingerprint density at radius 1 is 1.47 bits per heavy atom. The molecule has 15 heavy (non-hydrogen) atoms. The largest absolute Gasteiger partial charge is 0.478 e. The molecule has 0 radical (unpaired) electrons. The minimum absolute atomic E-state index is 0.174. The first-order chi connectivity index (χ1) is 7.00. The second kappa shape index (κ2) is 5.04. The SMILES string of the molecule is Cc1cc(C(=O)O)ccc1CCS(=O)O. The maximum atomic E-state index is 10.6. The number of hydrogen-bond donors (Lipinski definition) is 2. The lowest BCUT2D eigenvalue weighted by atomic mass is 10.0. The molecule has 1 rings (SSSR count). The van der Waals surface area contributed by atoms with Crippen LogP contribution in [0.15, 0.2) is 18.2 Å². The molecule has 0 fully saturated rings. The van der Waals surface area contributed by atoms with Crippen LogP contribution in [-0.4, -0.2) is 25.6 Å². The molecule has 82 valence electrons. The van der Waals surface area contributed by atoms with Gasteiger partial charge in [-0.15, -0.1) is 0 Å². The first-order valence-electron chi connectivity index (χ1n) is 4.41. The molecule has 0 heterocycles. The fraction of sp³-hybridized carbons (Fsp3) is 0.300.